The molecule has 0 aromatic heterocycles. The molecule has 1 fully saturated rings. The summed E-state index contributed by atoms with van der Waals surface area (Å²) < 4.78 is 39.1. The fourth-order valence-corrected chi connectivity index (χ4v) is 1.39. The zero-order valence-electron chi connectivity index (χ0n) is 12.9. The van der Waals surface area contributed by atoms with Crippen molar-refractivity contribution in [3.05, 3.63) is 30.3 Å². The molecule has 2 rings (SSSR count). The van der Waals surface area contributed by atoms with E-state index in [1.807, 2.05) is 0 Å². The van der Waals surface area contributed by atoms with Gasteiger partial charge in [-0.05, 0) is 24.4 Å². The maximum Gasteiger partial charge on any atom is 0.226 e. The average molecular weight is 194 g/mol. The summed E-state index contributed by atoms with van der Waals surface area (Å²) in [7, 11) is 0. The molecule has 0 saturated carbocycles. The molecule has 1 aromatic rings. The number of hydrogen-bond acceptors (Lipinski definition) is 1. The first-order valence-electron chi connectivity index (χ1n) is 6.98. The minimum absolute atomic E-state index is 0.178. The van der Waals surface area contributed by atoms with Gasteiger partial charge in [0.15, 0.2) is 0 Å². The van der Waals surface area contributed by atoms with E-state index in [4.69, 9.17) is 6.85 Å². The Balaban J connectivity index is 2.49. The van der Waals surface area contributed by atoms with Crippen molar-refractivity contribution in [1.82, 2.24) is 0 Å². The van der Waals surface area contributed by atoms with Crippen LogP contribution in [0.15, 0.2) is 30.3 Å². The third-order valence-electron chi connectivity index (χ3n) is 2.09. The van der Waals surface area contributed by atoms with Crippen molar-refractivity contribution in [2.75, 3.05) is 11.4 Å². The maximum absolute atomic E-state index is 12.2. The maximum atomic E-state index is 12.2. The summed E-state index contributed by atoms with van der Waals surface area (Å²) >= 11 is 0. The summed E-state index contributed by atoms with van der Waals surface area (Å²) in [6.45, 7) is 1.13. The Morgan fingerprint density at radius 2 is 2.21 bits per heavy atom. The van der Waals surface area contributed by atoms with Gasteiger partial charge >= 0.3 is 0 Å². The second-order valence-corrected chi connectivity index (χ2v) is 3.26. The van der Waals surface area contributed by atoms with Crippen molar-refractivity contribution >= 4 is 11.6 Å². The molecule has 74 valence electrons. The van der Waals surface area contributed by atoms with Crippen molar-refractivity contribution in [2.24, 2.45) is 5.89 Å². The monoisotopic (exact) mass is 194 g/mol. The van der Waals surface area contributed by atoms with E-state index < -0.39 is 24.5 Å². The number of para-hydroxylation sites is 1. The standard InChI is InChI=1S/C12H15NO/c1-10-7-8-12(14)13(9-10)11-5-3-2-4-6-11/h2-6,10H,7-9H2,1H3/i7D2,8D2,10D. The van der Waals surface area contributed by atoms with E-state index in [1.54, 1.807) is 30.3 Å². The number of anilines is 1. The number of hydrogen-bond donors (Lipinski definition) is 0. The summed E-state index contributed by atoms with van der Waals surface area (Å²) in [5, 5.41) is 0. The van der Waals surface area contributed by atoms with Crippen LogP contribution < -0.4 is 4.90 Å². The molecule has 14 heavy (non-hydrogen) atoms. The molecule has 0 bridgehead atoms. The van der Waals surface area contributed by atoms with E-state index >= 15 is 0 Å². The van der Waals surface area contributed by atoms with Gasteiger partial charge < -0.3 is 4.90 Å². The molecule has 1 saturated heterocycles. The number of carbonyl (C=O) groups excluding carboxylic acids is 1. The fourth-order valence-electron chi connectivity index (χ4n) is 1.39. The second kappa shape index (κ2) is 3.82. The summed E-state index contributed by atoms with van der Waals surface area (Å²) in [4.78, 5) is 13.3. The average Bonchev–Trinajstić information content (AvgIpc) is 2.34. The SMILES string of the molecule is [2H]C1(C)CN(c2ccccc2)C(=O)C([2H])([2H])C1([2H])[2H]. The fraction of sp³-hybridized carbons (Fsp3) is 0.417. The molecule has 0 spiro atoms. The lowest BCUT2D eigenvalue weighted by Crippen LogP contribution is -2.39. The smallest absolute Gasteiger partial charge is 0.226 e. The van der Waals surface area contributed by atoms with Crippen molar-refractivity contribution in [1.29, 1.82) is 0 Å². The van der Waals surface area contributed by atoms with E-state index in [2.05, 4.69) is 0 Å². The van der Waals surface area contributed by atoms with E-state index in [-0.39, 0.29) is 6.54 Å². The van der Waals surface area contributed by atoms with Gasteiger partial charge in [0.25, 0.3) is 0 Å². The Kier molecular flexibility index (Phi) is 1.36. The number of piperidine rings is 1. The number of rotatable bonds is 1. The van der Waals surface area contributed by atoms with Crippen LogP contribution in [0.4, 0.5) is 5.69 Å². The molecule has 1 amide bonds. The van der Waals surface area contributed by atoms with Crippen molar-refractivity contribution < 1.29 is 11.6 Å². The van der Waals surface area contributed by atoms with Crippen LogP contribution in [0.1, 0.15) is 26.5 Å². The highest BCUT2D eigenvalue weighted by Crippen LogP contribution is 2.23. The van der Waals surface area contributed by atoms with Crippen LogP contribution in [0.5, 0.6) is 0 Å². The highest BCUT2D eigenvalue weighted by molar-refractivity contribution is 5.94. The van der Waals surface area contributed by atoms with Crippen LogP contribution in [-0.4, -0.2) is 12.5 Å². The molecule has 0 radical (unpaired) electrons. The van der Waals surface area contributed by atoms with Crippen LogP contribution in [0.2, 0.25) is 0 Å². The van der Waals surface area contributed by atoms with Gasteiger partial charge in [0, 0.05) is 25.5 Å². The first-order chi connectivity index (χ1) is 8.61. The van der Waals surface area contributed by atoms with E-state index in [9.17, 15) is 4.79 Å². The zero-order chi connectivity index (χ0) is 14.5. The molecule has 1 aliphatic heterocycles. The lowest BCUT2D eigenvalue weighted by atomic mass is 9.99. The van der Waals surface area contributed by atoms with Gasteiger partial charge in [0.2, 0.25) is 5.91 Å². The molecule has 2 heteroatoms. The van der Waals surface area contributed by atoms with Gasteiger partial charge in [0.05, 0.1) is 0 Å². The third kappa shape index (κ3) is 1.79. The lowest BCUT2D eigenvalue weighted by molar-refractivity contribution is -0.120. The van der Waals surface area contributed by atoms with Gasteiger partial charge in [-0.2, -0.15) is 0 Å². The predicted octanol–water partition coefficient (Wildman–Crippen LogP) is 2.45. The van der Waals surface area contributed by atoms with Crippen molar-refractivity contribution in [2.45, 2.75) is 19.7 Å². The van der Waals surface area contributed by atoms with Gasteiger partial charge in [-0.3, -0.25) is 4.79 Å². The second-order valence-electron chi connectivity index (χ2n) is 3.26. The van der Waals surface area contributed by atoms with Gasteiger partial charge in [0.1, 0.15) is 0 Å². The Morgan fingerprint density at radius 3 is 2.93 bits per heavy atom. The van der Waals surface area contributed by atoms with E-state index in [0.717, 1.165) is 4.90 Å². The van der Waals surface area contributed by atoms with E-state index in [1.165, 1.54) is 6.92 Å². The Labute approximate surface area is 91.6 Å². The van der Waals surface area contributed by atoms with Crippen LogP contribution >= 0.6 is 0 Å². The predicted molar refractivity (Wildman–Crippen MR) is 57.2 cm³/mol. The van der Waals surface area contributed by atoms with Gasteiger partial charge in [-0.15, -0.1) is 0 Å². The number of nitrogens with zero attached hydrogens (tertiary/aromatic N) is 1. The molecule has 1 atom stereocenters. The molecule has 1 aromatic carbocycles. The Morgan fingerprint density at radius 1 is 1.50 bits per heavy atom. The van der Waals surface area contributed by atoms with Crippen LogP contribution in [-0.2, 0) is 4.79 Å². The van der Waals surface area contributed by atoms with Crippen LogP contribution in [0.3, 0.4) is 0 Å². The first kappa shape index (κ1) is 4.96. The molecular weight excluding hydrogens is 174 g/mol. The normalized spacial score (nSPS) is 40.2. The molecule has 1 heterocycles. The highest BCUT2D eigenvalue weighted by Gasteiger charge is 2.23. The quantitative estimate of drug-likeness (QED) is 0.672. The molecular formula is C12H15NO. The minimum Gasteiger partial charge on any atom is -0.312 e. The molecule has 0 N–H and O–H groups in total. The highest BCUT2D eigenvalue weighted by atomic mass is 16.2. The Hall–Kier alpha value is -1.31. The summed E-state index contributed by atoms with van der Waals surface area (Å²) in [5.41, 5.74) is 0.477. The largest absolute Gasteiger partial charge is 0.312 e. The summed E-state index contributed by atoms with van der Waals surface area (Å²) in [6, 6.07) is 8.48. The first-order valence-corrected chi connectivity index (χ1v) is 4.48. The van der Waals surface area contributed by atoms with E-state index in [0.29, 0.717) is 5.69 Å². The summed E-state index contributed by atoms with van der Waals surface area (Å²) in [6.07, 6.45) is -5.26. The van der Waals surface area contributed by atoms with Gasteiger partial charge in [-0.1, -0.05) is 25.1 Å². The topological polar surface area (TPSA) is 20.3 Å². The molecule has 2 nitrogen and oxygen atoms in total. The molecule has 1 aliphatic rings. The number of benzene rings is 1. The lowest BCUT2D eigenvalue weighted by Gasteiger charge is -2.30. The summed E-state index contributed by atoms with van der Waals surface area (Å²) in [5.74, 6) is -2.66. The molecule has 0 aliphatic carbocycles. The zero-order valence-corrected chi connectivity index (χ0v) is 7.95. The van der Waals surface area contributed by atoms with Crippen molar-refractivity contribution in [3.63, 3.8) is 0 Å². The Bertz CT molecular complexity index is 500. The van der Waals surface area contributed by atoms with Crippen LogP contribution in [0.25, 0.3) is 0 Å². The van der Waals surface area contributed by atoms with Crippen LogP contribution in [0, 0.1) is 5.89 Å². The molecule has 1 unspecified atom stereocenters. The third-order valence-corrected chi connectivity index (χ3v) is 2.09. The number of amides is 1. The minimum atomic E-state index is -2.72. The number of carbonyl (C=O) groups is 1. The van der Waals surface area contributed by atoms with Crippen molar-refractivity contribution in [3.8, 4) is 0 Å². The van der Waals surface area contributed by atoms with Gasteiger partial charge in [-0.25, -0.2) is 0 Å².